The Kier molecular flexibility index (Phi) is 3.44. The van der Waals surface area contributed by atoms with Crippen LogP contribution in [-0.2, 0) is 11.3 Å². The Morgan fingerprint density at radius 1 is 1.38 bits per heavy atom. The molecule has 4 nitrogen and oxygen atoms in total. The SMILES string of the molecule is Cc1cc(CN2C[C@@H]3CCC[C@@]3(C(=O)O)C2)cc(C)c1O. The van der Waals surface area contributed by atoms with Crippen LogP contribution in [0.3, 0.4) is 0 Å². The molecule has 3 rings (SSSR count). The van der Waals surface area contributed by atoms with E-state index in [0.29, 0.717) is 18.2 Å². The molecule has 0 amide bonds. The lowest BCUT2D eigenvalue weighted by molar-refractivity contribution is -0.149. The molecule has 2 fully saturated rings. The number of fused-ring (bicyclic) bond motifs is 1. The number of phenols is 1. The van der Waals surface area contributed by atoms with E-state index in [9.17, 15) is 15.0 Å². The summed E-state index contributed by atoms with van der Waals surface area (Å²) in [6, 6.07) is 4.01. The Morgan fingerprint density at radius 2 is 2.05 bits per heavy atom. The third kappa shape index (κ3) is 2.31. The largest absolute Gasteiger partial charge is 0.507 e. The highest BCUT2D eigenvalue weighted by molar-refractivity contribution is 5.76. The quantitative estimate of drug-likeness (QED) is 0.898. The van der Waals surface area contributed by atoms with Crippen molar-refractivity contribution in [3.05, 3.63) is 28.8 Å². The van der Waals surface area contributed by atoms with E-state index in [1.807, 2.05) is 26.0 Å². The molecule has 114 valence electrons. The predicted molar refractivity (Wildman–Crippen MR) is 80.3 cm³/mol. The summed E-state index contributed by atoms with van der Waals surface area (Å²) in [6.45, 7) is 6.12. The van der Waals surface area contributed by atoms with Gasteiger partial charge in [0.1, 0.15) is 5.75 Å². The molecule has 1 saturated heterocycles. The van der Waals surface area contributed by atoms with E-state index in [-0.39, 0.29) is 0 Å². The van der Waals surface area contributed by atoms with Gasteiger partial charge in [-0.15, -0.1) is 0 Å². The lowest BCUT2D eigenvalue weighted by Crippen LogP contribution is -2.35. The van der Waals surface area contributed by atoms with Gasteiger partial charge in [-0.25, -0.2) is 0 Å². The van der Waals surface area contributed by atoms with Crippen LogP contribution in [0.4, 0.5) is 0 Å². The van der Waals surface area contributed by atoms with E-state index in [1.165, 1.54) is 0 Å². The molecule has 2 N–H and O–H groups in total. The van der Waals surface area contributed by atoms with Gasteiger partial charge in [-0.3, -0.25) is 9.69 Å². The number of aryl methyl sites for hydroxylation is 2. The highest BCUT2D eigenvalue weighted by Gasteiger charge is 2.54. The number of rotatable bonds is 3. The standard InChI is InChI=1S/C17H23NO3/c1-11-6-13(7-12(2)15(11)19)8-18-9-14-4-3-5-17(14,10-18)16(20)21/h6-7,14,19H,3-5,8-10H2,1-2H3,(H,20,21)/t14-,17+/m0/s1. The Bertz CT molecular complexity index is 560. The summed E-state index contributed by atoms with van der Waals surface area (Å²) >= 11 is 0. The van der Waals surface area contributed by atoms with Crippen molar-refractivity contribution in [3.63, 3.8) is 0 Å². The third-order valence-corrected chi connectivity index (χ3v) is 5.32. The monoisotopic (exact) mass is 289 g/mol. The molecule has 1 aliphatic heterocycles. The van der Waals surface area contributed by atoms with Gasteiger partial charge in [-0.05, 0) is 49.3 Å². The summed E-state index contributed by atoms with van der Waals surface area (Å²) in [5, 5.41) is 19.5. The zero-order valence-corrected chi connectivity index (χ0v) is 12.7. The third-order valence-electron chi connectivity index (χ3n) is 5.32. The summed E-state index contributed by atoms with van der Waals surface area (Å²) < 4.78 is 0. The van der Waals surface area contributed by atoms with Crippen LogP contribution in [-0.4, -0.2) is 34.2 Å². The number of carboxylic acids is 1. The van der Waals surface area contributed by atoms with Crippen molar-refractivity contribution in [2.45, 2.75) is 39.7 Å². The Balaban J connectivity index is 1.77. The van der Waals surface area contributed by atoms with Crippen molar-refractivity contribution >= 4 is 5.97 Å². The van der Waals surface area contributed by atoms with Crippen molar-refractivity contribution in [3.8, 4) is 5.75 Å². The van der Waals surface area contributed by atoms with E-state index in [2.05, 4.69) is 4.90 Å². The van der Waals surface area contributed by atoms with E-state index in [4.69, 9.17) is 0 Å². The highest BCUT2D eigenvalue weighted by Crippen LogP contribution is 2.49. The van der Waals surface area contributed by atoms with Gasteiger partial charge >= 0.3 is 5.97 Å². The summed E-state index contributed by atoms with van der Waals surface area (Å²) in [5.74, 6) is 0.0407. The molecule has 0 bridgehead atoms. The van der Waals surface area contributed by atoms with E-state index >= 15 is 0 Å². The zero-order valence-electron chi connectivity index (χ0n) is 12.7. The number of carbonyl (C=O) groups is 1. The molecule has 21 heavy (non-hydrogen) atoms. The number of likely N-dealkylation sites (tertiary alicyclic amines) is 1. The van der Waals surface area contributed by atoms with E-state index in [1.54, 1.807) is 0 Å². The Morgan fingerprint density at radius 3 is 2.62 bits per heavy atom. The fourth-order valence-electron chi connectivity index (χ4n) is 4.26. The number of nitrogens with zero attached hydrogens (tertiary/aromatic N) is 1. The lowest BCUT2D eigenvalue weighted by Gasteiger charge is -2.23. The molecule has 1 aliphatic carbocycles. The molecule has 0 spiro atoms. The Labute approximate surface area is 125 Å². The second-order valence-electron chi connectivity index (χ2n) is 6.80. The summed E-state index contributed by atoms with van der Waals surface area (Å²) in [6.07, 6.45) is 2.90. The van der Waals surface area contributed by atoms with E-state index in [0.717, 1.165) is 49.0 Å². The maximum atomic E-state index is 11.7. The molecule has 1 heterocycles. The van der Waals surface area contributed by atoms with Crippen molar-refractivity contribution in [1.29, 1.82) is 0 Å². The first-order valence-electron chi connectivity index (χ1n) is 7.67. The van der Waals surface area contributed by atoms with Crippen LogP contribution >= 0.6 is 0 Å². The molecule has 0 unspecified atom stereocenters. The van der Waals surface area contributed by atoms with Gasteiger partial charge in [0.25, 0.3) is 0 Å². The molecule has 2 atom stereocenters. The molecule has 1 aromatic carbocycles. The van der Waals surface area contributed by atoms with Gasteiger partial charge in [0, 0.05) is 19.6 Å². The zero-order chi connectivity index (χ0) is 15.2. The number of benzene rings is 1. The van der Waals surface area contributed by atoms with Gasteiger partial charge in [0.05, 0.1) is 5.41 Å². The van der Waals surface area contributed by atoms with Crippen LogP contribution in [0.1, 0.15) is 36.0 Å². The number of hydrogen-bond donors (Lipinski definition) is 2. The minimum absolute atomic E-state index is 0.300. The molecular formula is C17H23NO3. The number of hydrogen-bond acceptors (Lipinski definition) is 3. The van der Waals surface area contributed by atoms with Crippen molar-refractivity contribution in [1.82, 2.24) is 4.90 Å². The van der Waals surface area contributed by atoms with Crippen LogP contribution < -0.4 is 0 Å². The number of phenolic OH excluding ortho intramolecular Hbond substituents is 1. The van der Waals surface area contributed by atoms with Crippen molar-refractivity contribution < 1.29 is 15.0 Å². The van der Waals surface area contributed by atoms with Gasteiger partial charge in [0.15, 0.2) is 0 Å². The molecule has 0 aromatic heterocycles. The number of carboxylic acid groups (broad SMARTS) is 1. The first kappa shape index (κ1) is 14.4. The van der Waals surface area contributed by atoms with E-state index < -0.39 is 11.4 Å². The predicted octanol–water partition coefficient (Wildman–Crippen LogP) is 2.70. The first-order chi connectivity index (χ1) is 9.92. The van der Waals surface area contributed by atoms with Crippen LogP contribution in [0.5, 0.6) is 5.75 Å². The summed E-state index contributed by atoms with van der Waals surface area (Å²) in [5.41, 5.74) is 2.42. The van der Waals surface area contributed by atoms with Crippen LogP contribution in [0.25, 0.3) is 0 Å². The molecule has 1 saturated carbocycles. The molecular weight excluding hydrogens is 266 g/mol. The minimum atomic E-state index is -0.620. The van der Waals surface area contributed by atoms with Gasteiger partial charge in [-0.2, -0.15) is 0 Å². The smallest absolute Gasteiger partial charge is 0.311 e. The average Bonchev–Trinajstić information content (AvgIpc) is 2.93. The molecule has 2 aliphatic rings. The highest BCUT2D eigenvalue weighted by atomic mass is 16.4. The molecule has 1 aromatic rings. The van der Waals surface area contributed by atoms with Crippen molar-refractivity contribution in [2.24, 2.45) is 11.3 Å². The number of aromatic hydroxyl groups is 1. The van der Waals surface area contributed by atoms with Gasteiger partial charge < -0.3 is 10.2 Å². The van der Waals surface area contributed by atoms with Crippen LogP contribution in [0.2, 0.25) is 0 Å². The lowest BCUT2D eigenvalue weighted by atomic mass is 9.81. The van der Waals surface area contributed by atoms with Crippen LogP contribution in [0.15, 0.2) is 12.1 Å². The molecule has 0 radical (unpaired) electrons. The normalized spacial score (nSPS) is 28.8. The average molecular weight is 289 g/mol. The second-order valence-corrected chi connectivity index (χ2v) is 6.80. The Hall–Kier alpha value is -1.55. The van der Waals surface area contributed by atoms with Crippen LogP contribution in [0, 0.1) is 25.2 Å². The molecule has 4 heteroatoms. The second kappa shape index (κ2) is 5.02. The fourth-order valence-corrected chi connectivity index (χ4v) is 4.26. The maximum absolute atomic E-state index is 11.7. The topological polar surface area (TPSA) is 60.8 Å². The maximum Gasteiger partial charge on any atom is 0.311 e. The summed E-state index contributed by atoms with van der Waals surface area (Å²) in [4.78, 5) is 14.0. The van der Waals surface area contributed by atoms with Gasteiger partial charge in [0.2, 0.25) is 0 Å². The first-order valence-corrected chi connectivity index (χ1v) is 7.67. The number of aliphatic carboxylic acids is 1. The summed E-state index contributed by atoms with van der Waals surface area (Å²) in [7, 11) is 0. The fraction of sp³-hybridized carbons (Fsp3) is 0.588. The van der Waals surface area contributed by atoms with Gasteiger partial charge in [-0.1, -0.05) is 18.6 Å². The minimum Gasteiger partial charge on any atom is -0.507 e. The van der Waals surface area contributed by atoms with Crippen molar-refractivity contribution in [2.75, 3.05) is 13.1 Å².